The van der Waals surface area contributed by atoms with Gasteiger partial charge in [0.15, 0.2) is 0 Å². The predicted octanol–water partition coefficient (Wildman–Crippen LogP) is 4.18. The normalized spacial score (nSPS) is 10.2. The second-order valence-corrected chi connectivity index (χ2v) is 4.84. The Kier molecular flexibility index (Phi) is 7.37. The standard InChI is InChI=1S/C19H17N3.C2H2/c1-4-6-16(5-2)7-8-17-13-21-22(14-17)19-10-15(3)9-18(11-19)12-20;1-2/h4-6,9-11,13-14H,1-3H3;1-2H/b6-4-,16-5+;. The summed E-state index contributed by atoms with van der Waals surface area (Å²) in [5.74, 6) is 6.20. The van der Waals surface area contributed by atoms with Crippen LogP contribution in [0.2, 0.25) is 0 Å². The van der Waals surface area contributed by atoms with Crippen LogP contribution in [-0.2, 0) is 0 Å². The maximum absolute atomic E-state index is 9.05. The van der Waals surface area contributed by atoms with Gasteiger partial charge in [0, 0.05) is 11.8 Å². The molecule has 1 heterocycles. The summed E-state index contributed by atoms with van der Waals surface area (Å²) in [6.07, 6.45) is 17.5. The van der Waals surface area contributed by atoms with Gasteiger partial charge in [0.1, 0.15) is 0 Å². The van der Waals surface area contributed by atoms with Crippen LogP contribution in [0.3, 0.4) is 0 Å². The highest BCUT2D eigenvalue weighted by Crippen LogP contribution is 2.13. The van der Waals surface area contributed by atoms with Gasteiger partial charge >= 0.3 is 0 Å². The van der Waals surface area contributed by atoms with Crippen LogP contribution in [0.1, 0.15) is 30.5 Å². The third kappa shape index (κ3) is 5.06. The fourth-order valence-corrected chi connectivity index (χ4v) is 2.02. The first-order valence-electron chi connectivity index (χ1n) is 7.37. The van der Waals surface area contributed by atoms with Gasteiger partial charge in [-0.3, -0.25) is 0 Å². The Bertz CT molecular complexity index is 875. The van der Waals surface area contributed by atoms with E-state index < -0.39 is 0 Å². The van der Waals surface area contributed by atoms with Crippen molar-refractivity contribution in [3.63, 3.8) is 0 Å². The van der Waals surface area contributed by atoms with Gasteiger partial charge in [0.25, 0.3) is 0 Å². The maximum atomic E-state index is 9.05. The average molecular weight is 313 g/mol. The molecular formula is C21H19N3. The summed E-state index contributed by atoms with van der Waals surface area (Å²) in [5.41, 5.74) is 4.33. The topological polar surface area (TPSA) is 41.6 Å². The van der Waals surface area contributed by atoms with Gasteiger partial charge in [-0.2, -0.15) is 10.4 Å². The van der Waals surface area contributed by atoms with Crippen molar-refractivity contribution in [2.24, 2.45) is 0 Å². The molecule has 0 aliphatic rings. The van der Waals surface area contributed by atoms with E-state index in [0.717, 1.165) is 22.4 Å². The molecule has 1 aromatic heterocycles. The van der Waals surface area contributed by atoms with Crippen LogP contribution in [0.4, 0.5) is 0 Å². The number of benzene rings is 1. The van der Waals surface area contributed by atoms with E-state index in [2.05, 4.69) is 35.9 Å². The van der Waals surface area contributed by atoms with Crippen LogP contribution >= 0.6 is 0 Å². The zero-order valence-electron chi connectivity index (χ0n) is 14.1. The van der Waals surface area contributed by atoms with E-state index in [-0.39, 0.29) is 0 Å². The second kappa shape index (κ2) is 9.52. The van der Waals surface area contributed by atoms with Gasteiger partial charge in [-0.05, 0) is 44.5 Å². The highest BCUT2D eigenvalue weighted by atomic mass is 15.3. The van der Waals surface area contributed by atoms with Crippen molar-refractivity contribution in [2.45, 2.75) is 20.8 Å². The lowest BCUT2D eigenvalue weighted by Gasteiger charge is -2.03. The molecule has 2 aromatic rings. The summed E-state index contributed by atoms with van der Waals surface area (Å²) in [6.45, 7) is 5.89. The molecule has 0 spiro atoms. The number of nitriles is 1. The smallest absolute Gasteiger partial charge is 0.0992 e. The summed E-state index contributed by atoms with van der Waals surface area (Å²) in [5, 5.41) is 13.4. The van der Waals surface area contributed by atoms with Crippen LogP contribution in [0.25, 0.3) is 5.69 Å². The third-order valence-corrected chi connectivity index (χ3v) is 3.05. The molecular weight excluding hydrogens is 294 g/mol. The van der Waals surface area contributed by atoms with Crippen molar-refractivity contribution in [2.75, 3.05) is 0 Å². The highest BCUT2D eigenvalue weighted by molar-refractivity contribution is 5.47. The number of nitrogens with zero attached hydrogens (tertiary/aromatic N) is 3. The molecule has 0 fully saturated rings. The van der Waals surface area contributed by atoms with E-state index in [1.165, 1.54) is 0 Å². The Balaban J connectivity index is 0.00000139. The van der Waals surface area contributed by atoms with Gasteiger partial charge in [0.05, 0.1) is 29.1 Å². The zero-order valence-corrected chi connectivity index (χ0v) is 14.1. The molecule has 24 heavy (non-hydrogen) atoms. The molecule has 0 bridgehead atoms. The molecule has 2 rings (SSSR count). The van der Waals surface area contributed by atoms with Crippen molar-refractivity contribution < 1.29 is 0 Å². The number of aromatic nitrogens is 2. The fraction of sp³-hybridized carbons (Fsp3) is 0.143. The van der Waals surface area contributed by atoms with Crippen molar-refractivity contribution in [1.82, 2.24) is 9.78 Å². The van der Waals surface area contributed by atoms with E-state index in [4.69, 9.17) is 5.26 Å². The number of aryl methyl sites for hydroxylation is 1. The molecule has 118 valence electrons. The van der Waals surface area contributed by atoms with Crippen LogP contribution in [-0.4, -0.2) is 9.78 Å². The highest BCUT2D eigenvalue weighted by Gasteiger charge is 2.02. The molecule has 0 unspecified atom stereocenters. The summed E-state index contributed by atoms with van der Waals surface area (Å²) < 4.78 is 1.74. The third-order valence-electron chi connectivity index (χ3n) is 3.05. The van der Waals surface area contributed by atoms with E-state index in [1.54, 1.807) is 10.9 Å². The van der Waals surface area contributed by atoms with Gasteiger partial charge in [0.2, 0.25) is 0 Å². The van der Waals surface area contributed by atoms with Crippen molar-refractivity contribution in [3.8, 4) is 36.4 Å². The number of hydrogen-bond donors (Lipinski definition) is 0. The molecule has 0 aliphatic heterocycles. The Labute approximate surface area is 143 Å². The lowest BCUT2D eigenvalue weighted by atomic mass is 10.1. The summed E-state index contributed by atoms with van der Waals surface area (Å²) in [6, 6.07) is 7.81. The Morgan fingerprint density at radius 1 is 1.21 bits per heavy atom. The summed E-state index contributed by atoms with van der Waals surface area (Å²) in [7, 11) is 0. The number of hydrogen-bond acceptors (Lipinski definition) is 2. The maximum Gasteiger partial charge on any atom is 0.0992 e. The summed E-state index contributed by atoms with van der Waals surface area (Å²) in [4.78, 5) is 0. The molecule has 3 nitrogen and oxygen atoms in total. The number of rotatable bonds is 2. The quantitative estimate of drug-likeness (QED) is 0.616. The molecule has 0 amide bonds. The molecule has 1 aromatic carbocycles. The first-order chi connectivity index (χ1) is 11.7. The average Bonchev–Trinajstić information content (AvgIpc) is 3.08. The van der Waals surface area contributed by atoms with Crippen LogP contribution < -0.4 is 0 Å². The van der Waals surface area contributed by atoms with Crippen molar-refractivity contribution in [1.29, 1.82) is 5.26 Å². The molecule has 0 saturated heterocycles. The summed E-state index contributed by atoms with van der Waals surface area (Å²) >= 11 is 0. The monoisotopic (exact) mass is 313 g/mol. The molecule has 0 saturated carbocycles. The number of allylic oxidation sites excluding steroid dienone is 4. The predicted molar refractivity (Wildman–Crippen MR) is 98.4 cm³/mol. The minimum atomic E-state index is 0.627. The molecule has 0 aliphatic carbocycles. The van der Waals surface area contributed by atoms with Gasteiger partial charge in [-0.15, -0.1) is 12.8 Å². The first kappa shape index (κ1) is 18.6. The van der Waals surface area contributed by atoms with E-state index in [1.807, 2.05) is 63.4 Å². The fourth-order valence-electron chi connectivity index (χ4n) is 2.02. The van der Waals surface area contributed by atoms with E-state index in [9.17, 15) is 0 Å². The lowest BCUT2D eigenvalue weighted by Crippen LogP contribution is -1.95. The molecule has 3 heteroatoms. The Morgan fingerprint density at radius 2 is 1.96 bits per heavy atom. The van der Waals surface area contributed by atoms with Gasteiger partial charge in [-0.25, -0.2) is 4.68 Å². The Hall–Kier alpha value is -3.48. The largest absolute Gasteiger partial charge is 0.240 e. The van der Waals surface area contributed by atoms with Crippen LogP contribution in [0.5, 0.6) is 0 Å². The molecule has 0 radical (unpaired) electrons. The lowest BCUT2D eigenvalue weighted by molar-refractivity contribution is 0.878. The van der Waals surface area contributed by atoms with Crippen LogP contribution in [0.15, 0.2) is 54.4 Å². The molecule has 0 N–H and O–H groups in total. The van der Waals surface area contributed by atoms with Gasteiger partial charge < -0.3 is 0 Å². The number of terminal acetylenes is 1. The first-order valence-corrected chi connectivity index (χ1v) is 7.37. The minimum Gasteiger partial charge on any atom is -0.240 e. The van der Waals surface area contributed by atoms with Crippen molar-refractivity contribution in [3.05, 3.63) is 71.1 Å². The Morgan fingerprint density at radius 3 is 2.58 bits per heavy atom. The molecule has 0 atom stereocenters. The van der Waals surface area contributed by atoms with Crippen molar-refractivity contribution >= 4 is 0 Å². The SMILES string of the molecule is C#C.C/C=C\C(C#Cc1cnn(-c2cc(C)cc(C#N)c2)c1)=C/C. The van der Waals surface area contributed by atoms with E-state index >= 15 is 0 Å². The second-order valence-electron chi connectivity index (χ2n) is 4.84. The van der Waals surface area contributed by atoms with E-state index in [0.29, 0.717) is 5.56 Å². The zero-order chi connectivity index (χ0) is 17.9. The van der Waals surface area contributed by atoms with Gasteiger partial charge in [-0.1, -0.05) is 30.1 Å². The van der Waals surface area contributed by atoms with Crippen LogP contribution in [0, 0.1) is 42.9 Å². The minimum absolute atomic E-state index is 0.627.